The molecule has 12 heavy (non-hydrogen) atoms. The molecule has 0 amide bonds. The first kappa shape index (κ1) is 9.62. The molecule has 0 unspecified atom stereocenters. The van der Waals surface area contributed by atoms with E-state index in [4.69, 9.17) is 5.73 Å². The first-order valence-electron chi connectivity index (χ1n) is 4.16. The van der Waals surface area contributed by atoms with Crippen LogP contribution in [0.15, 0.2) is 18.3 Å². The van der Waals surface area contributed by atoms with E-state index in [1.54, 1.807) is 0 Å². The summed E-state index contributed by atoms with van der Waals surface area (Å²) in [5, 5.41) is 0. The molecule has 0 radical (unpaired) electrons. The molecule has 3 heteroatoms. The summed E-state index contributed by atoms with van der Waals surface area (Å²) in [5.74, 6) is 0.753. The number of hydrogen-bond donors (Lipinski definition) is 1. The molecule has 0 spiro atoms. The third kappa shape index (κ3) is 1.65. The second-order valence-electron chi connectivity index (χ2n) is 3.41. The molecule has 2 N–H and O–H groups in total. The lowest BCUT2D eigenvalue weighted by Crippen LogP contribution is -2.15. The molecule has 0 aliphatic heterocycles. The van der Waals surface area contributed by atoms with E-state index in [1.165, 1.54) is 18.5 Å². The summed E-state index contributed by atoms with van der Waals surface area (Å²) < 4.78 is 2.11. The van der Waals surface area contributed by atoms with Gasteiger partial charge >= 0.3 is 0 Å². The predicted molar refractivity (Wildman–Crippen MR) is 52.3 cm³/mol. The highest BCUT2D eigenvalue weighted by Gasteiger charge is 2.30. The fourth-order valence-corrected chi connectivity index (χ4v) is 1.52. The number of halogens is 1. The van der Waals surface area contributed by atoms with Crippen molar-refractivity contribution in [1.29, 1.82) is 0 Å². The molecule has 0 bridgehead atoms. The fourth-order valence-electron chi connectivity index (χ4n) is 1.52. The van der Waals surface area contributed by atoms with Crippen molar-refractivity contribution in [3.8, 4) is 0 Å². The summed E-state index contributed by atoms with van der Waals surface area (Å²) >= 11 is 0. The van der Waals surface area contributed by atoms with Crippen LogP contribution in [0.2, 0.25) is 0 Å². The van der Waals surface area contributed by atoms with Crippen molar-refractivity contribution in [3.05, 3.63) is 24.0 Å². The molecule has 1 saturated carbocycles. The third-order valence-corrected chi connectivity index (χ3v) is 2.46. The molecular formula is C9H15ClN2. The summed E-state index contributed by atoms with van der Waals surface area (Å²) in [7, 11) is 2.05. The SMILES string of the molecule is Cl.Cn1cccc1[C@H](N)C1CC1. The van der Waals surface area contributed by atoms with Crippen LogP contribution in [0.3, 0.4) is 0 Å². The topological polar surface area (TPSA) is 30.9 Å². The summed E-state index contributed by atoms with van der Waals surface area (Å²) in [6.07, 6.45) is 4.68. The first-order chi connectivity index (χ1) is 5.29. The largest absolute Gasteiger partial charge is 0.353 e. The Balaban J connectivity index is 0.000000720. The Kier molecular flexibility index (Phi) is 2.80. The highest BCUT2D eigenvalue weighted by atomic mass is 35.5. The molecule has 2 nitrogen and oxygen atoms in total. The van der Waals surface area contributed by atoms with E-state index in [2.05, 4.69) is 29.9 Å². The van der Waals surface area contributed by atoms with Gasteiger partial charge < -0.3 is 10.3 Å². The summed E-state index contributed by atoms with van der Waals surface area (Å²) in [4.78, 5) is 0. The first-order valence-corrected chi connectivity index (χ1v) is 4.16. The van der Waals surface area contributed by atoms with Crippen molar-refractivity contribution in [1.82, 2.24) is 4.57 Å². The van der Waals surface area contributed by atoms with Gasteiger partial charge in [-0.3, -0.25) is 0 Å². The van der Waals surface area contributed by atoms with Crippen LogP contribution >= 0.6 is 12.4 Å². The summed E-state index contributed by atoms with van der Waals surface area (Å²) in [6.45, 7) is 0. The minimum absolute atomic E-state index is 0. The molecular weight excluding hydrogens is 172 g/mol. The molecule has 1 heterocycles. The molecule has 0 aromatic carbocycles. The highest BCUT2D eigenvalue weighted by Crippen LogP contribution is 2.39. The predicted octanol–water partition coefficient (Wildman–Crippen LogP) is 1.86. The van der Waals surface area contributed by atoms with Crippen LogP contribution in [0, 0.1) is 5.92 Å². The Morgan fingerprint density at radius 2 is 2.25 bits per heavy atom. The molecule has 1 atom stereocenters. The van der Waals surface area contributed by atoms with E-state index in [0.29, 0.717) is 0 Å². The van der Waals surface area contributed by atoms with Gasteiger partial charge in [-0.25, -0.2) is 0 Å². The van der Waals surface area contributed by atoms with Crippen molar-refractivity contribution in [3.63, 3.8) is 0 Å². The van der Waals surface area contributed by atoms with Crippen molar-refractivity contribution in [2.24, 2.45) is 18.7 Å². The van der Waals surface area contributed by atoms with Crippen LogP contribution in [0.25, 0.3) is 0 Å². The average Bonchev–Trinajstić information content (AvgIpc) is 2.74. The number of nitrogens with two attached hydrogens (primary N) is 1. The second-order valence-corrected chi connectivity index (χ2v) is 3.41. The molecule has 1 aliphatic carbocycles. The molecule has 68 valence electrons. The number of hydrogen-bond acceptors (Lipinski definition) is 1. The lowest BCUT2D eigenvalue weighted by Gasteiger charge is -2.10. The third-order valence-electron chi connectivity index (χ3n) is 2.46. The average molecular weight is 187 g/mol. The van der Waals surface area contributed by atoms with Crippen LogP contribution in [0.5, 0.6) is 0 Å². The van der Waals surface area contributed by atoms with Gasteiger partial charge in [0.2, 0.25) is 0 Å². The smallest absolute Gasteiger partial charge is 0.0478 e. The zero-order chi connectivity index (χ0) is 7.84. The maximum atomic E-state index is 6.02. The normalized spacial score (nSPS) is 18.5. The van der Waals surface area contributed by atoms with Crippen LogP contribution in [0.1, 0.15) is 24.6 Å². The number of aromatic nitrogens is 1. The van der Waals surface area contributed by atoms with Gasteiger partial charge in [-0.15, -0.1) is 12.4 Å². The van der Waals surface area contributed by atoms with Gasteiger partial charge in [0.1, 0.15) is 0 Å². The van der Waals surface area contributed by atoms with Crippen molar-refractivity contribution in [2.75, 3.05) is 0 Å². The van der Waals surface area contributed by atoms with Gasteiger partial charge in [-0.05, 0) is 30.9 Å². The van der Waals surface area contributed by atoms with E-state index in [9.17, 15) is 0 Å². The maximum Gasteiger partial charge on any atom is 0.0478 e. The molecule has 1 aliphatic rings. The van der Waals surface area contributed by atoms with E-state index in [-0.39, 0.29) is 18.4 Å². The Bertz CT molecular complexity index is 253. The number of nitrogens with zero attached hydrogens (tertiary/aromatic N) is 1. The minimum Gasteiger partial charge on any atom is -0.353 e. The van der Waals surface area contributed by atoms with E-state index >= 15 is 0 Å². The van der Waals surface area contributed by atoms with Gasteiger partial charge in [0.25, 0.3) is 0 Å². The maximum absolute atomic E-state index is 6.02. The summed E-state index contributed by atoms with van der Waals surface area (Å²) in [5.41, 5.74) is 7.30. The minimum atomic E-state index is 0. The molecule has 1 aromatic rings. The second kappa shape index (κ2) is 3.50. The monoisotopic (exact) mass is 186 g/mol. The number of aryl methyl sites for hydroxylation is 1. The van der Waals surface area contributed by atoms with Crippen molar-refractivity contribution in [2.45, 2.75) is 18.9 Å². The molecule has 2 rings (SSSR count). The van der Waals surface area contributed by atoms with Crippen LogP contribution in [-0.4, -0.2) is 4.57 Å². The highest BCUT2D eigenvalue weighted by molar-refractivity contribution is 5.85. The van der Waals surface area contributed by atoms with E-state index in [1.807, 2.05) is 0 Å². The molecule has 1 aromatic heterocycles. The Morgan fingerprint density at radius 3 is 2.67 bits per heavy atom. The Hall–Kier alpha value is -0.470. The van der Waals surface area contributed by atoms with Crippen LogP contribution in [-0.2, 0) is 7.05 Å². The Labute approximate surface area is 79.2 Å². The lowest BCUT2D eigenvalue weighted by molar-refractivity contribution is 0.589. The Morgan fingerprint density at radius 1 is 1.58 bits per heavy atom. The summed E-state index contributed by atoms with van der Waals surface area (Å²) in [6, 6.07) is 4.44. The van der Waals surface area contributed by atoms with Gasteiger partial charge in [0.15, 0.2) is 0 Å². The molecule has 0 saturated heterocycles. The van der Waals surface area contributed by atoms with Crippen molar-refractivity contribution < 1.29 is 0 Å². The number of rotatable bonds is 2. The van der Waals surface area contributed by atoms with Gasteiger partial charge in [0, 0.05) is 25.0 Å². The quantitative estimate of drug-likeness (QED) is 0.751. The van der Waals surface area contributed by atoms with E-state index < -0.39 is 0 Å². The zero-order valence-electron chi connectivity index (χ0n) is 7.23. The fraction of sp³-hybridized carbons (Fsp3) is 0.556. The zero-order valence-corrected chi connectivity index (χ0v) is 8.05. The van der Waals surface area contributed by atoms with Gasteiger partial charge in [0.05, 0.1) is 0 Å². The van der Waals surface area contributed by atoms with Crippen molar-refractivity contribution >= 4 is 12.4 Å². The van der Waals surface area contributed by atoms with E-state index in [0.717, 1.165) is 5.92 Å². The van der Waals surface area contributed by atoms with Gasteiger partial charge in [-0.2, -0.15) is 0 Å². The van der Waals surface area contributed by atoms with Crippen LogP contribution in [0.4, 0.5) is 0 Å². The molecule has 1 fully saturated rings. The lowest BCUT2D eigenvalue weighted by atomic mass is 10.1. The van der Waals surface area contributed by atoms with Crippen LogP contribution < -0.4 is 5.73 Å². The van der Waals surface area contributed by atoms with Gasteiger partial charge in [-0.1, -0.05) is 0 Å². The standard InChI is InChI=1S/C9H14N2.ClH/c1-11-6-2-3-8(11)9(10)7-4-5-7;/h2-3,6-7,9H,4-5,10H2,1H3;1H/t9-;/m1./s1.